The number of benzene rings is 3. The Kier molecular flexibility index (Phi) is 5.96. The van der Waals surface area contributed by atoms with Crippen LogP contribution < -0.4 is 5.56 Å². The third-order valence-corrected chi connectivity index (χ3v) is 8.82. The SMILES string of the molecule is O=C(CSc1nc2sc3c(c2c(=O)n1-c1ccc(Cl)cc1)CCCC3)c1ccc2ccccc2c1. The van der Waals surface area contributed by atoms with E-state index >= 15 is 0 Å². The average molecular weight is 517 g/mol. The van der Waals surface area contributed by atoms with Crippen LogP contribution in [0.5, 0.6) is 0 Å². The van der Waals surface area contributed by atoms with Crippen LogP contribution in [0.15, 0.2) is 76.7 Å². The van der Waals surface area contributed by atoms with E-state index in [0.717, 1.165) is 52.2 Å². The molecule has 0 unspecified atom stereocenters. The molecule has 2 heterocycles. The highest BCUT2D eigenvalue weighted by atomic mass is 35.5. The average Bonchev–Trinajstić information content (AvgIpc) is 3.26. The minimum absolute atomic E-state index is 0.00299. The van der Waals surface area contributed by atoms with Crippen molar-refractivity contribution < 1.29 is 4.79 Å². The Balaban J connectivity index is 1.41. The lowest BCUT2D eigenvalue weighted by atomic mass is 9.97. The van der Waals surface area contributed by atoms with Crippen molar-refractivity contribution in [3.05, 3.63) is 98.1 Å². The maximum absolute atomic E-state index is 13.8. The number of ketones is 1. The highest BCUT2D eigenvalue weighted by Crippen LogP contribution is 2.35. The maximum Gasteiger partial charge on any atom is 0.267 e. The Labute approximate surface area is 215 Å². The standard InChI is InChI=1S/C28H21ClN2O2S2/c29-20-11-13-21(14-12-20)31-27(33)25-22-7-3-4-8-24(22)35-26(25)30-28(31)34-16-23(32)19-10-9-17-5-1-2-6-18(17)15-19/h1-2,5-6,9-15H,3-4,7-8,16H2. The Morgan fingerprint density at radius 1 is 1.00 bits per heavy atom. The lowest BCUT2D eigenvalue weighted by molar-refractivity contribution is 0.102. The number of carbonyl (C=O) groups excluding carboxylic acids is 1. The molecule has 2 aromatic heterocycles. The third-order valence-electron chi connectivity index (χ3n) is 6.45. The van der Waals surface area contributed by atoms with Gasteiger partial charge in [0.1, 0.15) is 4.83 Å². The van der Waals surface area contributed by atoms with Crippen molar-refractivity contribution in [2.75, 3.05) is 5.75 Å². The molecule has 1 aliphatic rings. The summed E-state index contributed by atoms with van der Waals surface area (Å²) in [6.07, 6.45) is 4.16. The number of halogens is 1. The molecule has 0 fully saturated rings. The van der Waals surface area contributed by atoms with Gasteiger partial charge in [-0.05, 0) is 72.4 Å². The van der Waals surface area contributed by atoms with Crippen molar-refractivity contribution in [1.29, 1.82) is 0 Å². The number of hydrogen-bond acceptors (Lipinski definition) is 5. The highest BCUT2D eigenvalue weighted by molar-refractivity contribution is 7.99. The number of thioether (sulfide) groups is 1. The molecule has 0 saturated heterocycles. The smallest absolute Gasteiger partial charge is 0.267 e. The first-order valence-corrected chi connectivity index (χ1v) is 13.7. The van der Waals surface area contributed by atoms with Crippen molar-refractivity contribution in [1.82, 2.24) is 9.55 Å². The van der Waals surface area contributed by atoms with Crippen LogP contribution in [0.25, 0.3) is 26.7 Å². The van der Waals surface area contributed by atoms with Crippen LogP contribution in [-0.2, 0) is 12.8 Å². The van der Waals surface area contributed by atoms with E-state index < -0.39 is 0 Å². The fourth-order valence-electron chi connectivity index (χ4n) is 4.68. The van der Waals surface area contributed by atoms with E-state index in [1.54, 1.807) is 28.0 Å². The van der Waals surface area contributed by atoms with Gasteiger partial charge in [0.25, 0.3) is 5.56 Å². The van der Waals surface area contributed by atoms with E-state index in [2.05, 4.69) is 0 Å². The molecule has 0 aliphatic heterocycles. The molecular formula is C28H21ClN2O2S2. The van der Waals surface area contributed by atoms with Crippen molar-refractivity contribution >= 4 is 61.5 Å². The summed E-state index contributed by atoms with van der Waals surface area (Å²) in [4.78, 5) is 33.9. The van der Waals surface area contributed by atoms with Crippen LogP contribution in [0, 0.1) is 0 Å². The van der Waals surface area contributed by atoms with Gasteiger partial charge in [0.15, 0.2) is 10.9 Å². The van der Waals surface area contributed by atoms with Crippen molar-refractivity contribution in [2.45, 2.75) is 30.8 Å². The van der Waals surface area contributed by atoms with Crippen molar-refractivity contribution in [2.24, 2.45) is 0 Å². The normalized spacial score (nSPS) is 13.3. The molecule has 174 valence electrons. The van der Waals surface area contributed by atoms with Crippen LogP contribution in [0.3, 0.4) is 0 Å². The van der Waals surface area contributed by atoms with Gasteiger partial charge >= 0.3 is 0 Å². The van der Waals surface area contributed by atoms with E-state index in [1.165, 1.54) is 16.6 Å². The molecule has 1 aliphatic carbocycles. The van der Waals surface area contributed by atoms with Crippen LogP contribution in [-0.4, -0.2) is 21.1 Å². The van der Waals surface area contributed by atoms with E-state index in [9.17, 15) is 9.59 Å². The van der Waals surface area contributed by atoms with Gasteiger partial charge < -0.3 is 0 Å². The lowest BCUT2D eigenvalue weighted by Gasteiger charge is -2.13. The second-order valence-electron chi connectivity index (χ2n) is 8.68. The zero-order chi connectivity index (χ0) is 23.9. The monoisotopic (exact) mass is 516 g/mol. The number of aryl methyl sites for hydroxylation is 2. The molecule has 0 radical (unpaired) electrons. The summed E-state index contributed by atoms with van der Waals surface area (Å²) < 4.78 is 1.64. The topological polar surface area (TPSA) is 52.0 Å². The van der Waals surface area contributed by atoms with Gasteiger partial charge in [0, 0.05) is 15.5 Å². The van der Waals surface area contributed by atoms with Gasteiger partial charge in [-0.15, -0.1) is 11.3 Å². The molecule has 0 atom stereocenters. The first kappa shape index (κ1) is 22.5. The zero-order valence-electron chi connectivity index (χ0n) is 18.8. The van der Waals surface area contributed by atoms with Gasteiger partial charge in [0.05, 0.1) is 16.8 Å². The van der Waals surface area contributed by atoms with E-state index in [0.29, 0.717) is 21.4 Å². The molecule has 0 N–H and O–H groups in total. The van der Waals surface area contributed by atoms with E-state index in [4.69, 9.17) is 16.6 Å². The molecule has 35 heavy (non-hydrogen) atoms. The van der Waals surface area contributed by atoms with Gasteiger partial charge in [0.2, 0.25) is 0 Å². The molecular weight excluding hydrogens is 496 g/mol. The first-order chi connectivity index (χ1) is 17.1. The Morgan fingerprint density at radius 2 is 1.77 bits per heavy atom. The highest BCUT2D eigenvalue weighted by Gasteiger charge is 2.23. The number of Topliss-reactive ketones (excluding diaryl/α,β-unsaturated/α-hetero) is 1. The summed E-state index contributed by atoms with van der Waals surface area (Å²) in [5.41, 5.74) is 2.44. The minimum Gasteiger partial charge on any atom is -0.293 e. The summed E-state index contributed by atoms with van der Waals surface area (Å²) in [5, 5.41) is 3.99. The molecule has 3 aromatic carbocycles. The summed E-state index contributed by atoms with van der Waals surface area (Å²) in [6.45, 7) is 0. The quantitative estimate of drug-likeness (QED) is 0.142. The van der Waals surface area contributed by atoms with Crippen molar-refractivity contribution in [3.63, 3.8) is 0 Å². The maximum atomic E-state index is 13.8. The van der Waals surface area contributed by atoms with Crippen LogP contribution >= 0.6 is 34.7 Å². The molecule has 0 bridgehead atoms. The summed E-state index contributed by atoms with van der Waals surface area (Å²) in [6, 6.07) is 20.9. The summed E-state index contributed by atoms with van der Waals surface area (Å²) in [7, 11) is 0. The molecule has 6 rings (SSSR count). The number of carbonyl (C=O) groups is 1. The van der Waals surface area contributed by atoms with E-state index in [-0.39, 0.29) is 17.1 Å². The number of rotatable bonds is 5. The zero-order valence-corrected chi connectivity index (χ0v) is 21.2. The van der Waals surface area contributed by atoms with Gasteiger partial charge in [-0.25, -0.2) is 4.98 Å². The second-order valence-corrected chi connectivity index (χ2v) is 11.1. The summed E-state index contributed by atoms with van der Waals surface area (Å²) in [5.74, 6) is 0.192. The number of fused-ring (bicyclic) bond motifs is 4. The van der Waals surface area contributed by atoms with Gasteiger partial charge in [-0.1, -0.05) is 59.8 Å². The van der Waals surface area contributed by atoms with Gasteiger partial charge in [-0.3, -0.25) is 14.2 Å². The molecule has 5 aromatic rings. The molecule has 0 amide bonds. The molecule has 0 saturated carbocycles. The third kappa shape index (κ3) is 4.20. The number of aromatic nitrogens is 2. The number of hydrogen-bond donors (Lipinski definition) is 0. The van der Waals surface area contributed by atoms with Crippen LogP contribution in [0.4, 0.5) is 0 Å². The number of thiophene rings is 1. The Hall–Kier alpha value is -2.93. The molecule has 4 nitrogen and oxygen atoms in total. The second kappa shape index (κ2) is 9.26. The molecule has 0 spiro atoms. The predicted octanol–water partition coefficient (Wildman–Crippen LogP) is 7.11. The first-order valence-electron chi connectivity index (χ1n) is 11.6. The molecule has 7 heteroatoms. The summed E-state index contributed by atoms with van der Waals surface area (Å²) >= 11 is 9.04. The Morgan fingerprint density at radius 3 is 2.60 bits per heavy atom. The van der Waals surface area contributed by atoms with E-state index in [1.807, 2.05) is 54.6 Å². The van der Waals surface area contributed by atoms with Crippen LogP contribution in [0.1, 0.15) is 33.6 Å². The van der Waals surface area contributed by atoms with Crippen LogP contribution in [0.2, 0.25) is 5.02 Å². The van der Waals surface area contributed by atoms with Gasteiger partial charge in [-0.2, -0.15) is 0 Å². The Bertz CT molecular complexity index is 1650. The fraction of sp³-hybridized carbons (Fsp3) is 0.179. The predicted molar refractivity (Wildman–Crippen MR) is 146 cm³/mol. The fourth-order valence-corrected chi connectivity index (χ4v) is 7.01. The minimum atomic E-state index is -0.0719. The number of nitrogens with zero attached hydrogens (tertiary/aromatic N) is 2. The largest absolute Gasteiger partial charge is 0.293 e. The lowest BCUT2D eigenvalue weighted by Crippen LogP contribution is -2.22. The van der Waals surface area contributed by atoms with Crippen molar-refractivity contribution in [3.8, 4) is 5.69 Å².